The van der Waals surface area contributed by atoms with E-state index in [2.05, 4.69) is 27.8 Å². The van der Waals surface area contributed by atoms with Crippen LogP contribution in [0, 0.1) is 6.92 Å². The summed E-state index contributed by atoms with van der Waals surface area (Å²) in [6.45, 7) is 5.27. The number of fused-ring (bicyclic) bond motifs is 1. The zero-order chi connectivity index (χ0) is 23.4. The summed E-state index contributed by atoms with van der Waals surface area (Å²) in [4.78, 5) is 30.1. The standard InChI is InChI=1S/C25H33N7O2/c1-15-12-31(14-20(34-15)18-11-26-32(13-18)19-9-10-19)25-28-21(17-7-5-4-6-8-17)22-23(29-25)24(33)30(3)16(2)27-22/h11,13,15,17,19-20H,4-10,12,14H2,1-3H3/t15-,20+/m1/s1. The molecule has 0 unspecified atom stereocenters. The van der Waals surface area contributed by atoms with Crippen LogP contribution in [0.4, 0.5) is 5.95 Å². The minimum atomic E-state index is -0.105. The summed E-state index contributed by atoms with van der Waals surface area (Å²) in [5.41, 5.74) is 3.03. The van der Waals surface area contributed by atoms with Crippen molar-refractivity contribution in [2.24, 2.45) is 7.05 Å². The van der Waals surface area contributed by atoms with Crippen LogP contribution in [0.3, 0.4) is 0 Å². The molecule has 9 heteroatoms. The molecule has 6 rings (SSSR count). The Hall–Kier alpha value is -2.81. The van der Waals surface area contributed by atoms with Crippen molar-refractivity contribution in [1.82, 2.24) is 29.3 Å². The first-order valence-electron chi connectivity index (χ1n) is 12.7. The average Bonchev–Trinajstić information content (AvgIpc) is 3.58. The number of nitrogens with zero attached hydrogens (tertiary/aromatic N) is 7. The number of ether oxygens (including phenoxy) is 1. The highest BCUT2D eigenvalue weighted by Crippen LogP contribution is 2.37. The molecule has 2 atom stereocenters. The lowest BCUT2D eigenvalue weighted by atomic mass is 9.86. The van der Waals surface area contributed by atoms with Crippen molar-refractivity contribution in [2.45, 2.75) is 83.0 Å². The Balaban J connectivity index is 1.40. The molecule has 1 aliphatic heterocycles. The highest BCUT2D eigenvalue weighted by molar-refractivity contribution is 5.77. The molecule has 4 heterocycles. The van der Waals surface area contributed by atoms with E-state index in [0.717, 1.165) is 24.1 Å². The molecule has 0 amide bonds. The second kappa shape index (κ2) is 8.45. The number of rotatable bonds is 4. The van der Waals surface area contributed by atoms with Gasteiger partial charge in [-0.1, -0.05) is 19.3 Å². The number of aromatic nitrogens is 6. The first kappa shape index (κ1) is 21.7. The molecule has 0 bridgehead atoms. The van der Waals surface area contributed by atoms with Gasteiger partial charge in [-0.05, 0) is 39.5 Å². The monoisotopic (exact) mass is 463 g/mol. The summed E-state index contributed by atoms with van der Waals surface area (Å²) in [6, 6.07) is 0.542. The van der Waals surface area contributed by atoms with Gasteiger partial charge in [0.15, 0.2) is 5.52 Å². The van der Waals surface area contributed by atoms with E-state index in [0.29, 0.717) is 47.9 Å². The van der Waals surface area contributed by atoms with E-state index in [4.69, 9.17) is 19.7 Å². The lowest BCUT2D eigenvalue weighted by Gasteiger charge is -2.37. The highest BCUT2D eigenvalue weighted by atomic mass is 16.5. The van der Waals surface area contributed by atoms with E-state index >= 15 is 0 Å². The maximum Gasteiger partial charge on any atom is 0.279 e. The third-order valence-corrected chi connectivity index (χ3v) is 7.61. The molecule has 0 spiro atoms. The van der Waals surface area contributed by atoms with Gasteiger partial charge >= 0.3 is 0 Å². The Morgan fingerprint density at radius 3 is 2.56 bits per heavy atom. The fraction of sp³-hybridized carbons (Fsp3) is 0.640. The Morgan fingerprint density at radius 2 is 1.79 bits per heavy atom. The first-order chi connectivity index (χ1) is 16.5. The van der Waals surface area contributed by atoms with E-state index < -0.39 is 0 Å². The second-order valence-corrected chi connectivity index (χ2v) is 10.3. The summed E-state index contributed by atoms with van der Waals surface area (Å²) >= 11 is 0. The van der Waals surface area contributed by atoms with Crippen LogP contribution in [0.1, 0.15) is 87.0 Å². The van der Waals surface area contributed by atoms with Crippen LogP contribution >= 0.6 is 0 Å². The maximum absolute atomic E-state index is 13.2. The maximum atomic E-state index is 13.2. The van der Waals surface area contributed by atoms with Gasteiger partial charge in [-0.25, -0.2) is 15.0 Å². The van der Waals surface area contributed by atoms with E-state index in [1.807, 2.05) is 13.1 Å². The fourth-order valence-corrected chi connectivity index (χ4v) is 5.42. The van der Waals surface area contributed by atoms with Crippen LogP contribution in [-0.4, -0.2) is 48.5 Å². The minimum absolute atomic E-state index is 0.0134. The number of hydrogen-bond acceptors (Lipinski definition) is 7. The summed E-state index contributed by atoms with van der Waals surface area (Å²) in [5, 5.41) is 4.56. The van der Waals surface area contributed by atoms with Crippen molar-refractivity contribution in [3.63, 3.8) is 0 Å². The molecule has 3 aromatic rings. The van der Waals surface area contributed by atoms with Gasteiger partial charge in [-0.2, -0.15) is 5.10 Å². The average molecular weight is 464 g/mol. The van der Waals surface area contributed by atoms with Crippen LogP contribution in [0.15, 0.2) is 17.2 Å². The normalized spacial score (nSPS) is 24.1. The quantitative estimate of drug-likeness (QED) is 0.584. The van der Waals surface area contributed by atoms with Crippen molar-refractivity contribution in [1.29, 1.82) is 0 Å². The molecule has 3 aliphatic rings. The third-order valence-electron chi connectivity index (χ3n) is 7.61. The number of hydrogen-bond donors (Lipinski definition) is 0. The van der Waals surface area contributed by atoms with Gasteiger partial charge in [-0.3, -0.25) is 14.0 Å². The van der Waals surface area contributed by atoms with Crippen molar-refractivity contribution < 1.29 is 4.74 Å². The predicted molar refractivity (Wildman–Crippen MR) is 129 cm³/mol. The van der Waals surface area contributed by atoms with E-state index in [1.54, 1.807) is 11.6 Å². The minimum Gasteiger partial charge on any atom is -0.367 e. The van der Waals surface area contributed by atoms with Gasteiger partial charge in [0, 0.05) is 31.3 Å². The Bertz CT molecular complexity index is 1270. The van der Waals surface area contributed by atoms with Crippen molar-refractivity contribution in [3.8, 4) is 0 Å². The van der Waals surface area contributed by atoms with Crippen LogP contribution in [0.5, 0.6) is 0 Å². The second-order valence-electron chi connectivity index (χ2n) is 10.3. The fourth-order valence-electron chi connectivity index (χ4n) is 5.42. The molecule has 0 radical (unpaired) electrons. The summed E-state index contributed by atoms with van der Waals surface area (Å²) in [5.74, 6) is 1.63. The Morgan fingerprint density at radius 1 is 1.00 bits per heavy atom. The highest BCUT2D eigenvalue weighted by Gasteiger charge is 2.32. The van der Waals surface area contributed by atoms with Gasteiger partial charge in [0.1, 0.15) is 17.4 Å². The van der Waals surface area contributed by atoms with Crippen LogP contribution in [0.25, 0.3) is 11.0 Å². The lowest BCUT2D eigenvalue weighted by molar-refractivity contribution is -0.0179. The molecule has 34 heavy (non-hydrogen) atoms. The smallest absolute Gasteiger partial charge is 0.279 e. The number of morpholine rings is 1. The molecule has 3 fully saturated rings. The Labute approximate surface area is 199 Å². The van der Waals surface area contributed by atoms with E-state index in [9.17, 15) is 4.79 Å². The molecule has 180 valence electrons. The molecule has 0 aromatic carbocycles. The van der Waals surface area contributed by atoms with Crippen LogP contribution in [-0.2, 0) is 11.8 Å². The molecular weight excluding hydrogens is 430 g/mol. The zero-order valence-corrected chi connectivity index (χ0v) is 20.3. The van der Waals surface area contributed by atoms with Crippen molar-refractivity contribution >= 4 is 17.0 Å². The molecule has 3 aromatic heterocycles. The lowest BCUT2D eigenvalue weighted by Crippen LogP contribution is -2.44. The largest absolute Gasteiger partial charge is 0.367 e. The number of anilines is 1. The van der Waals surface area contributed by atoms with Gasteiger partial charge in [0.25, 0.3) is 5.56 Å². The van der Waals surface area contributed by atoms with Crippen LogP contribution < -0.4 is 10.5 Å². The third kappa shape index (κ3) is 3.89. The SMILES string of the molecule is Cc1nc2c(C3CCCCC3)nc(N3C[C@@H](C)O[C@H](c4cnn(C5CC5)c4)C3)nc2c(=O)n1C. The van der Waals surface area contributed by atoms with Gasteiger partial charge < -0.3 is 9.64 Å². The first-order valence-corrected chi connectivity index (χ1v) is 12.7. The molecule has 0 N–H and O–H groups in total. The molecule has 1 saturated heterocycles. The molecule has 2 aliphatic carbocycles. The molecular formula is C25H33N7O2. The van der Waals surface area contributed by atoms with Crippen molar-refractivity contribution in [2.75, 3.05) is 18.0 Å². The van der Waals surface area contributed by atoms with E-state index in [1.165, 1.54) is 32.1 Å². The van der Waals surface area contributed by atoms with Gasteiger partial charge in [0.05, 0.1) is 30.6 Å². The Kier molecular flexibility index (Phi) is 5.39. The van der Waals surface area contributed by atoms with Gasteiger partial charge in [0.2, 0.25) is 5.95 Å². The van der Waals surface area contributed by atoms with Crippen LogP contribution in [0.2, 0.25) is 0 Å². The molecule has 2 saturated carbocycles. The van der Waals surface area contributed by atoms with Gasteiger partial charge in [-0.15, -0.1) is 0 Å². The zero-order valence-electron chi connectivity index (χ0n) is 20.3. The summed E-state index contributed by atoms with van der Waals surface area (Å²) in [6.07, 6.45) is 12.2. The molecule has 9 nitrogen and oxygen atoms in total. The summed E-state index contributed by atoms with van der Waals surface area (Å²) < 4.78 is 9.95. The summed E-state index contributed by atoms with van der Waals surface area (Å²) in [7, 11) is 1.76. The van der Waals surface area contributed by atoms with E-state index in [-0.39, 0.29) is 17.8 Å². The van der Waals surface area contributed by atoms with Crippen molar-refractivity contribution in [3.05, 3.63) is 39.8 Å². The predicted octanol–water partition coefficient (Wildman–Crippen LogP) is 3.58. The number of aryl methyl sites for hydroxylation is 1. The topological polar surface area (TPSA) is 91.0 Å².